The fourth-order valence-corrected chi connectivity index (χ4v) is 1.70. The quantitative estimate of drug-likeness (QED) is 0.352. The number of carboxylic acid groups (broad SMARTS) is 1. The van der Waals surface area contributed by atoms with Gasteiger partial charge in [0.25, 0.3) is 0 Å². The van der Waals surface area contributed by atoms with Crippen LogP contribution in [0.3, 0.4) is 0 Å². The summed E-state index contributed by atoms with van der Waals surface area (Å²) in [7, 11) is 0. The monoisotopic (exact) mass is 251 g/mol. The van der Waals surface area contributed by atoms with Gasteiger partial charge >= 0.3 is 29.6 Å². The standard InChI is InChI=1S/C13H27NO2.Na/c1-2-3-4-5-6-7-8-9-11-14-12-10-13(15)16;/h14H,2-12H2,1H3,(H,15,16);/q;+1/p-1. The van der Waals surface area contributed by atoms with E-state index in [1.807, 2.05) is 0 Å². The van der Waals surface area contributed by atoms with Gasteiger partial charge in [-0.1, -0.05) is 51.9 Å². The summed E-state index contributed by atoms with van der Waals surface area (Å²) in [5.74, 6) is -0.969. The number of aliphatic carboxylic acids is 1. The van der Waals surface area contributed by atoms with Crippen molar-refractivity contribution in [1.82, 2.24) is 5.32 Å². The molecule has 0 aromatic carbocycles. The Balaban J connectivity index is 0. The summed E-state index contributed by atoms with van der Waals surface area (Å²) >= 11 is 0. The predicted octanol–water partition coefficient (Wildman–Crippen LogP) is -1.14. The molecule has 0 aromatic rings. The first-order valence-corrected chi connectivity index (χ1v) is 6.68. The Kier molecular flexibility index (Phi) is 19.1. The van der Waals surface area contributed by atoms with Crippen molar-refractivity contribution >= 4 is 5.97 Å². The number of carboxylic acids is 1. The number of rotatable bonds is 12. The van der Waals surface area contributed by atoms with E-state index in [9.17, 15) is 9.90 Å². The van der Waals surface area contributed by atoms with Gasteiger partial charge in [-0.2, -0.15) is 0 Å². The largest absolute Gasteiger partial charge is 1.00 e. The molecular weight excluding hydrogens is 225 g/mol. The molecule has 0 heterocycles. The third kappa shape index (κ3) is 19.0. The first kappa shape index (κ1) is 19.8. The molecule has 0 unspecified atom stereocenters. The molecule has 0 saturated heterocycles. The maximum Gasteiger partial charge on any atom is 1.00 e. The van der Waals surface area contributed by atoms with Crippen LogP contribution in [0, 0.1) is 0 Å². The molecule has 3 nitrogen and oxygen atoms in total. The molecule has 0 spiro atoms. The van der Waals surface area contributed by atoms with Crippen LogP contribution >= 0.6 is 0 Å². The van der Waals surface area contributed by atoms with Crippen molar-refractivity contribution in [2.75, 3.05) is 13.1 Å². The van der Waals surface area contributed by atoms with E-state index in [-0.39, 0.29) is 36.0 Å². The van der Waals surface area contributed by atoms with Gasteiger partial charge in [-0.3, -0.25) is 0 Å². The second-order valence-electron chi connectivity index (χ2n) is 4.35. The van der Waals surface area contributed by atoms with Crippen molar-refractivity contribution in [2.45, 2.75) is 64.7 Å². The van der Waals surface area contributed by atoms with Crippen LogP contribution in [0.1, 0.15) is 64.7 Å². The molecule has 0 amide bonds. The third-order valence-electron chi connectivity index (χ3n) is 2.71. The van der Waals surface area contributed by atoms with Crippen molar-refractivity contribution < 1.29 is 39.5 Å². The van der Waals surface area contributed by atoms with Gasteiger partial charge in [0.15, 0.2) is 0 Å². The molecule has 0 aromatic heterocycles. The molecule has 0 fully saturated rings. The average molecular weight is 251 g/mol. The Bertz CT molecular complexity index is 165. The maximum atomic E-state index is 10.1. The van der Waals surface area contributed by atoms with E-state index < -0.39 is 5.97 Å². The van der Waals surface area contributed by atoms with E-state index >= 15 is 0 Å². The number of hydrogen-bond donors (Lipinski definition) is 1. The van der Waals surface area contributed by atoms with Gasteiger partial charge in [-0.15, -0.1) is 0 Å². The Hall–Kier alpha value is 0.430. The van der Waals surface area contributed by atoms with Crippen LogP contribution in [0.4, 0.5) is 0 Å². The molecule has 1 N–H and O–H groups in total. The van der Waals surface area contributed by atoms with Crippen LogP contribution < -0.4 is 40.0 Å². The van der Waals surface area contributed by atoms with Gasteiger partial charge in [0.2, 0.25) is 0 Å². The van der Waals surface area contributed by atoms with Crippen LogP contribution in [-0.2, 0) is 4.79 Å². The zero-order valence-electron chi connectivity index (χ0n) is 11.6. The van der Waals surface area contributed by atoms with E-state index in [1.165, 1.54) is 44.9 Å². The Labute approximate surface area is 128 Å². The van der Waals surface area contributed by atoms with Crippen LogP contribution in [0.25, 0.3) is 0 Å². The molecule has 0 rings (SSSR count). The Morgan fingerprint density at radius 3 is 2.00 bits per heavy atom. The molecule has 0 aliphatic heterocycles. The summed E-state index contributed by atoms with van der Waals surface area (Å²) in [5.41, 5.74) is 0. The third-order valence-corrected chi connectivity index (χ3v) is 2.71. The Morgan fingerprint density at radius 1 is 0.941 bits per heavy atom. The molecule has 0 aliphatic carbocycles. The molecule has 0 atom stereocenters. The molecule has 0 saturated carbocycles. The van der Waals surface area contributed by atoms with Gasteiger partial charge in [-0.25, -0.2) is 0 Å². The van der Waals surface area contributed by atoms with E-state index in [1.54, 1.807) is 0 Å². The minimum absolute atomic E-state index is 0. The normalized spacial score (nSPS) is 9.94. The zero-order chi connectivity index (χ0) is 12.1. The molecule has 17 heavy (non-hydrogen) atoms. The number of unbranched alkanes of at least 4 members (excludes halogenated alkanes) is 7. The predicted molar refractivity (Wildman–Crippen MR) is 65.1 cm³/mol. The van der Waals surface area contributed by atoms with Gasteiger partial charge in [0.1, 0.15) is 0 Å². The topological polar surface area (TPSA) is 52.2 Å². The van der Waals surface area contributed by atoms with Crippen molar-refractivity contribution in [3.63, 3.8) is 0 Å². The molecular formula is C13H26NNaO2. The number of carbonyl (C=O) groups excluding carboxylic acids is 1. The second-order valence-corrected chi connectivity index (χ2v) is 4.35. The number of nitrogens with one attached hydrogen (secondary N) is 1. The van der Waals surface area contributed by atoms with E-state index in [0.717, 1.165) is 13.0 Å². The average Bonchev–Trinajstić information content (AvgIpc) is 2.25. The van der Waals surface area contributed by atoms with E-state index in [0.29, 0.717) is 6.54 Å². The van der Waals surface area contributed by atoms with Crippen molar-refractivity contribution in [3.05, 3.63) is 0 Å². The molecule has 4 heteroatoms. The van der Waals surface area contributed by atoms with Crippen LogP contribution in [0.15, 0.2) is 0 Å². The fourth-order valence-electron chi connectivity index (χ4n) is 1.70. The summed E-state index contributed by atoms with van der Waals surface area (Å²) < 4.78 is 0. The zero-order valence-corrected chi connectivity index (χ0v) is 13.6. The number of carbonyl (C=O) groups is 1. The van der Waals surface area contributed by atoms with Gasteiger partial charge in [0.05, 0.1) is 0 Å². The van der Waals surface area contributed by atoms with E-state index in [4.69, 9.17) is 0 Å². The van der Waals surface area contributed by atoms with Crippen LogP contribution in [0.5, 0.6) is 0 Å². The summed E-state index contributed by atoms with van der Waals surface area (Å²) in [4.78, 5) is 10.1. The smallest absolute Gasteiger partial charge is 0.550 e. The van der Waals surface area contributed by atoms with Gasteiger partial charge in [-0.05, 0) is 19.4 Å². The fraction of sp³-hybridized carbons (Fsp3) is 0.923. The van der Waals surface area contributed by atoms with Crippen molar-refractivity contribution in [3.8, 4) is 0 Å². The molecule has 0 radical (unpaired) electrons. The minimum Gasteiger partial charge on any atom is -0.550 e. The van der Waals surface area contributed by atoms with Gasteiger partial charge < -0.3 is 15.2 Å². The SMILES string of the molecule is CCCCCCCCCCNCCC(=O)[O-].[Na+]. The summed E-state index contributed by atoms with van der Waals surface area (Å²) in [6.07, 6.45) is 10.6. The van der Waals surface area contributed by atoms with Gasteiger partial charge in [0, 0.05) is 12.5 Å². The maximum absolute atomic E-state index is 10.1. The first-order chi connectivity index (χ1) is 7.77. The second kappa shape index (κ2) is 16.4. The molecule has 0 aliphatic rings. The minimum atomic E-state index is -0.969. The van der Waals surface area contributed by atoms with Crippen LogP contribution in [-0.4, -0.2) is 19.1 Å². The summed E-state index contributed by atoms with van der Waals surface area (Å²) in [5, 5.41) is 13.2. The summed E-state index contributed by atoms with van der Waals surface area (Å²) in [6, 6.07) is 0. The molecule has 0 bridgehead atoms. The van der Waals surface area contributed by atoms with Crippen molar-refractivity contribution in [2.24, 2.45) is 0 Å². The van der Waals surface area contributed by atoms with Crippen molar-refractivity contribution in [1.29, 1.82) is 0 Å². The molecule has 96 valence electrons. The number of hydrogen-bond acceptors (Lipinski definition) is 3. The van der Waals surface area contributed by atoms with E-state index in [2.05, 4.69) is 12.2 Å². The van der Waals surface area contributed by atoms with Crippen LogP contribution in [0.2, 0.25) is 0 Å². The summed E-state index contributed by atoms with van der Waals surface area (Å²) in [6.45, 7) is 3.71. The Morgan fingerprint density at radius 2 is 1.47 bits per heavy atom. The first-order valence-electron chi connectivity index (χ1n) is 6.68.